The van der Waals surface area contributed by atoms with Gasteiger partial charge in [0, 0.05) is 37.5 Å². The summed E-state index contributed by atoms with van der Waals surface area (Å²) >= 11 is 7.81. The van der Waals surface area contributed by atoms with E-state index in [9.17, 15) is 9.59 Å². The SMILES string of the molecule is O=C(CN1CCN(C(=O)CCCc2cccs2)CC1)Nc1ccccc1Cl. The lowest BCUT2D eigenvalue weighted by Crippen LogP contribution is -2.50. The lowest BCUT2D eigenvalue weighted by Gasteiger charge is -2.34. The highest BCUT2D eigenvalue weighted by Crippen LogP contribution is 2.20. The van der Waals surface area contributed by atoms with E-state index in [-0.39, 0.29) is 11.8 Å². The molecule has 144 valence electrons. The van der Waals surface area contributed by atoms with E-state index in [0.717, 1.165) is 12.8 Å². The van der Waals surface area contributed by atoms with E-state index in [0.29, 0.717) is 49.9 Å². The Kier molecular flexibility index (Phi) is 7.26. The zero-order valence-corrected chi connectivity index (χ0v) is 16.8. The number of thiophene rings is 1. The van der Waals surface area contributed by atoms with Crippen LogP contribution in [0, 0.1) is 0 Å². The Morgan fingerprint density at radius 1 is 1.07 bits per heavy atom. The van der Waals surface area contributed by atoms with Crippen LogP contribution < -0.4 is 5.32 Å². The molecule has 1 saturated heterocycles. The van der Waals surface area contributed by atoms with E-state index in [1.807, 2.05) is 23.1 Å². The quantitative estimate of drug-likeness (QED) is 0.766. The third-order valence-electron chi connectivity index (χ3n) is 4.63. The van der Waals surface area contributed by atoms with E-state index in [1.54, 1.807) is 23.5 Å². The molecule has 7 heteroatoms. The Hall–Kier alpha value is -1.89. The third-order valence-corrected chi connectivity index (χ3v) is 5.90. The minimum atomic E-state index is -0.0844. The van der Waals surface area contributed by atoms with Gasteiger partial charge in [0.2, 0.25) is 11.8 Å². The van der Waals surface area contributed by atoms with Crippen LogP contribution in [-0.2, 0) is 16.0 Å². The zero-order valence-electron chi connectivity index (χ0n) is 15.2. The van der Waals surface area contributed by atoms with Crippen molar-refractivity contribution in [2.45, 2.75) is 19.3 Å². The summed E-state index contributed by atoms with van der Waals surface area (Å²) in [7, 11) is 0. The molecule has 0 saturated carbocycles. The van der Waals surface area contributed by atoms with Gasteiger partial charge in [-0.2, -0.15) is 0 Å². The van der Waals surface area contributed by atoms with Gasteiger partial charge in [-0.1, -0.05) is 29.8 Å². The maximum atomic E-state index is 12.4. The van der Waals surface area contributed by atoms with Gasteiger partial charge in [-0.25, -0.2) is 0 Å². The summed E-state index contributed by atoms with van der Waals surface area (Å²) in [6.45, 7) is 3.10. The molecule has 1 aromatic carbocycles. The van der Waals surface area contributed by atoms with Crippen LogP contribution in [-0.4, -0.2) is 54.3 Å². The largest absolute Gasteiger partial charge is 0.340 e. The average Bonchev–Trinajstić information content (AvgIpc) is 3.17. The number of piperazine rings is 1. The predicted octanol–water partition coefficient (Wildman–Crippen LogP) is 3.51. The summed E-state index contributed by atoms with van der Waals surface area (Å²) in [6.07, 6.45) is 2.44. The molecule has 0 spiro atoms. The molecular weight excluding hydrogens is 382 g/mol. The fourth-order valence-corrected chi connectivity index (χ4v) is 4.07. The number of benzene rings is 1. The van der Waals surface area contributed by atoms with Gasteiger partial charge in [0.05, 0.1) is 17.3 Å². The number of para-hydroxylation sites is 1. The van der Waals surface area contributed by atoms with Crippen LogP contribution in [0.5, 0.6) is 0 Å². The molecule has 5 nitrogen and oxygen atoms in total. The van der Waals surface area contributed by atoms with Gasteiger partial charge in [-0.05, 0) is 36.4 Å². The summed E-state index contributed by atoms with van der Waals surface area (Å²) in [6, 6.07) is 11.4. The highest BCUT2D eigenvalue weighted by Gasteiger charge is 2.22. The number of rotatable bonds is 7. The standard InChI is InChI=1S/C20H24ClN3O2S/c21-17-7-1-2-8-18(17)22-19(25)15-23-10-12-24(13-11-23)20(26)9-3-5-16-6-4-14-27-16/h1-2,4,6-8,14H,3,5,9-13,15H2,(H,22,25). The van der Waals surface area contributed by atoms with Crippen LogP contribution in [0.25, 0.3) is 0 Å². The first-order chi connectivity index (χ1) is 13.1. The van der Waals surface area contributed by atoms with Gasteiger partial charge in [0.1, 0.15) is 0 Å². The first kappa shape index (κ1) is 19.9. The highest BCUT2D eigenvalue weighted by molar-refractivity contribution is 7.09. The number of halogens is 1. The minimum Gasteiger partial charge on any atom is -0.340 e. The maximum absolute atomic E-state index is 12.4. The highest BCUT2D eigenvalue weighted by atomic mass is 35.5. The molecule has 1 fully saturated rings. The Morgan fingerprint density at radius 3 is 2.56 bits per heavy atom. The fraction of sp³-hybridized carbons (Fsp3) is 0.400. The Morgan fingerprint density at radius 2 is 1.85 bits per heavy atom. The zero-order chi connectivity index (χ0) is 19.1. The number of carbonyl (C=O) groups excluding carboxylic acids is 2. The summed E-state index contributed by atoms with van der Waals surface area (Å²) in [5, 5.41) is 5.44. The number of carbonyl (C=O) groups is 2. The Bertz CT molecular complexity index is 758. The molecule has 1 aliphatic rings. The monoisotopic (exact) mass is 405 g/mol. The second kappa shape index (κ2) is 9.88. The van der Waals surface area contributed by atoms with Gasteiger partial charge >= 0.3 is 0 Å². The van der Waals surface area contributed by atoms with Crippen molar-refractivity contribution in [2.75, 3.05) is 38.0 Å². The lowest BCUT2D eigenvalue weighted by molar-refractivity contribution is -0.133. The summed E-state index contributed by atoms with van der Waals surface area (Å²) in [4.78, 5) is 29.9. The maximum Gasteiger partial charge on any atom is 0.238 e. The van der Waals surface area contributed by atoms with Crippen molar-refractivity contribution in [2.24, 2.45) is 0 Å². The second-order valence-corrected chi connectivity index (χ2v) is 8.06. The first-order valence-corrected chi connectivity index (χ1v) is 10.4. The van der Waals surface area contributed by atoms with Crippen molar-refractivity contribution >= 4 is 40.4 Å². The predicted molar refractivity (Wildman–Crippen MR) is 110 cm³/mol. The number of nitrogens with zero attached hydrogens (tertiary/aromatic N) is 2. The van der Waals surface area contributed by atoms with Crippen LogP contribution in [0.4, 0.5) is 5.69 Å². The number of hydrogen-bond acceptors (Lipinski definition) is 4. The minimum absolute atomic E-state index is 0.0844. The molecule has 0 radical (unpaired) electrons. The molecule has 1 aromatic heterocycles. The lowest BCUT2D eigenvalue weighted by atomic mass is 10.2. The molecule has 2 amide bonds. The van der Waals surface area contributed by atoms with Gasteiger partial charge < -0.3 is 10.2 Å². The number of aryl methyl sites for hydroxylation is 1. The van der Waals surface area contributed by atoms with E-state index in [1.165, 1.54) is 4.88 Å². The number of amides is 2. The fourth-order valence-electron chi connectivity index (χ4n) is 3.14. The van der Waals surface area contributed by atoms with Crippen LogP contribution in [0.1, 0.15) is 17.7 Å². The number of anilines is 1. The van der Waals surface area contributed by atoms with Crippen LogP contribution >= 0.6 is 22.9 Å². The smallest absolute Gasteiger partial charge is 0.238 e. The van der Waals surface area contributed by atoms with E-state index < -0.39 is 0 Å². The van der Waals surface area contributed by atoms with Crippen LogP contribution in [0.15, 0.2) is 41.8 Å². The summed E-state index contributed by atoms with van der Waals surface area (Å²) in [5.41, 5.74) is 0.628. The molecule has 1 N–H and O–H groups in total. The van der Waals surface area contributed by atoms with Crippen molar-refractivity contribution in [3.05, 3.63) is 51.7 Å². The van der Waals surface area contributed by atoms with Gasteiger partial charge in [-0.15, -0.1) is 11.3 Å². The van der Waals surface area contributed by atoms with Crippen LogP contribution in [0.2, 0.25) is 5.02 Å². The molecule has 0 atom stereocenters. The van der Waals surface area contributed by atoms with E-state index in [4.69, 9.17) is 11.6 Å². The molecule has 0 bridgehead atoms. The second-order valence-electron chi connectivity index (χ2n) is 6.62. The van der Waals surface area contributed by atoms with Crippen LogP contribution in [0.3, 0.4) is 0 Å². The average molecular weight is 406 g/mol. The Labute approximate surface area is 168 Å². The molecule has 0 aliphatic carbocycles. The number of hydrogen-bond donors (Lipinski definition) is 1. The molecule has 3 rings (SSSR count). The van der Waals surface area contributed by atoms with E-state index in [2.05, 4.69) is 21.7 Å². The third kappa shape index (κ3) is 6.06. The van der Waals surface area contributed by atoms with Gasteiger partial charge in [-0.3, -0.25) is 14.5 Å². The van der Waals surface area contributed by atoms with Crippen molar-refractivity contribution in [1.82, 2.24) is 9.80 Å². The molecule has 2 heterocycles. The molecule has 2 aromatic rings. The molecular formula is C20H24ClN3O2S. The van der Waals surface area contributed by atoms with Crippen molar-refractivity contribution in [3.63, 3.8) is 0 Å². The van der Waals surface area contributed by atoms with Crippen molar-refractivity contribution in [3.8, 4) is 0 Å². The molecule has 1 aliphatic heterocycles. The first-order valence-electron chi connectivity index (χ1n) is 9.19. The van der Waals surface area contributed by atoms with Crippen molar-refractivity contribution in [1.29, 1.82) is 0 Å². The normalized spacial score (nSPS) is 14.9. The topological polar surface area (TPSA) is 52.7 Å². The summed E-state index contributed by atoms with van der Waals surface area (Å²) < 4.78 is 0. The van der Waals surface area contributed by atoms with Crippen molar-refractivity contribution < 1.29 is 9.59 Å². The van der Waals surface area contributed by atoms with Gasteiger partial charge in [0.15, 0.2) is 0 Å². The number of nitrogens with one attached hydrogen (secondary N) is 1. The van der Waals surface area contributed by atoms with E-state index >= 15 is 0 Å². The molecule has 27 heavy (non-hydrogen) atoms. The Balaban J connectivity index is 1.36. The molecule has 0 unspecified atom stereocenters. The summed E-state index contributed by atoms with van der Waals surface area (Å²) in [5.74, 6) is 0.130. The van der Waals surface area contributed by atoms with Gasteiger partial charge in [0.25, 0.3) is 0 Å².